The molecule has 5 nitrogen and oxygen atoms in total. The van der Waals surface area contributed by atoms with E-state index < -0.39 is 6.09 Å². The van der Waals surface area contributed by atoms with Gasteiger partial charge in [0, 0.05) is 5.92 Å². The molecule has 0 aliphatic carbocycles. The molecule has 6 heteroatoms. The third kappa shape index (κ3) is 3.70. The number of rotatable bonds is 4. The second-order valence-corrected chi connectivity index (χ2v) is 7.24. The number of aryl methyl sites for hydroxylation is 1. The van der Waals surface area contributed by atoms with Crippen molar-refractivity contribution in [3.8, 4) is 0 Å². The van der Waals surface area contributed by atoms with Gasteiger partial charge in [-0.15, -0.1) is 0 Å². The summed E-state index contributed by atoms with van der Waals surface area (Å²) < 4.78 is 17.1. The molecule has 2 N–H and O–H groups in total. The van der Waals surface area contributed by atoms with Crippen molar-refractivity contribution in [1.82, 2.24) is 0 Å². The summed E-state index contributed by atoms with van der Waals surface area (Å²) in [4.78, 5) is 10.7. The zero-order valence-electron chi connectivity index (χ0n) is 14.8. The molecule has 1 aromatic carbocycles. The molecular formula is C17H26BNO4. The molecule has 1 saturated heterocycles. The van der Waals surface area contributed by atoms with Crippen LogP contribution in [0.1, 0.15) is 51.7 Å². The first-order valence-electron chi connectivity index (χ1n) is 7.92. The van der Waals surface area contributed by atoms with E-state index in [1.807, 2.05) is 53.7 Å². The monoisotopic (exact) mass is 319 g/mol. The van der Waals surface area contributed by atoms with Gasteiger partial charge in [-0.1, -0.05) is 30.7 Å². The highest BCUT2D eigenvalue weighted by Crippen LogP contribution is 2.36. The van der Waals surface area contributed by atoms with Gasteiger partial charge in [-0.3, -0.25) is 0 Å². The van der Waals surface area contributed by atoms with Crippen LogP contribution in [-0.4, -0.2) is 31.0 Å². The van der Waals surface area contributed by atoms with Crippen LogP contribution in [0.25, 0.3) is 0 Å². The summed E-state index contributed by atoms with van der Waals surface area (Å²) in [6, 6.07) is 6.12. The summed E-state index contributed by atoms with van der Waals surface area (Å²) in [5.74, 6) is 0.0774. The van der Waals surface area contributed by atoms with Crippen molar-refractivity contribution in [2.45, 2.75) is 58.7 Å². The maximum atomic E-state index is 10.7. The van der Waals surface area contributed by atoms with Crippen LogP contribution in [0, 0.1) is 6.92 Å². The molecule has 1 aliphatic heterocycles. The van der Waals surface area contributed by atoms with Crippen molar-refractivity contribution in [2.24, 2.45) is 5.73 Å². The topological polar surface area (TPSA) is 70.8 Å². The van der Waals surface area contributed by atoms with Gasteiger partial charge in [0.15, 0.2) is 0 Å². The Morgan fingerprint density at radius 2 is 1.83 bits per heavy atom. The number of primary amides is 1. The van der Waals surface area contributed by atoms with Gasteiger partial charge in [0.05, 0.1) is 17.8 Å². The number of hydrogen-bond donors (Lipinski definition) is 1. The van der Waals surface area contributed by atoms with Crippen molar-refractivity contribution in [2.75, 3.05) is 6.61 Å². The van der Waals surface area contributed by atoms with E-state index in [0.717, 1.165) is 16.6 Å². The lowest BCUT2D eigenvalue weighted by atomic mass is 9.75. The van der Waals surface area contributed by atoms with E-state index in [1.165, 1.54) is 0 Å². The maximum absolute atomic E-state index is 10.7. The van der Waals surface area contributed by atoms with Crippen LogP contribution in [-0.2, 0) is 14.0 Å². The van der Waals surface area contributed by atoms with Crippen molar-refractivity contribution >= 4 is 18.7 Å². The van der Waals surface area contributed by atoms with Crippen molar-refractivity contribution < 1.29 is 18.8 Å². The minimum Gasteiger partial charge on any atom is -0.449 e. The average Bonchev–Trinajstić information content (AvgIpc) is 2.64. The number of nitrogens with two attached hydrogens (primary N) is 1. The molecule has 1 atom stereocenters. The summed E-state index contributed by atoms with van der Waals surface area (Å²) >= 11 is 0. The average molecular weight is 319 g/mol. The Morgan fingerprint density at radius 3 is 2.30 bits per heavy atom. The van der Waals surface area contributed by atoms with Crippen molar-refractivity contribution in [3.63, 3.8) is 0 Å². The summed E-state index contributed by atoms with van der Waals surface area (Å²) in [5, 5.41) is 0. The second-order valence-electron chi connectivity index (χ2n) is 7.24. The highest BCUT2D eigenvalue weighted by atomic mass is 16.7. The predicted molar refractivity (Wildman–Crippen MR) is 90.8 cm³/mol. The summed E-state index contributed by atoms with van der Waals surface area (Å²) in [6.07, 6.45) is -0.748. The van der Waals surface area contributed by atoms with E-state index in [2.05, 4.69) is 6.07 Å². The molecule has 1 fully saturated rings. The summed E-state index contributed by atoms with van der Waals surface area (Å²) in [6.45, 7) is 12.5. The molecule has 0 aromatic heterocycles. The standard InChI is InChI=1S/C17H26BNO4/c1-11-9-13(12(2)10-21-15(19)20)7-8-14(11)18-22-16(3,4)17(5,6)23-18/h7-9,12H,10H2,1-6H3,(H2,19,20). The Labute approximate surface area is 138 Å². The fourth-order valence-electron chi connectivity index (χ4n) is 2.54. The molecule has 23 heavy (non-hydrogen) atoms. The molecule has 0 bridgehead atoms. The molecule has 1 amide bonds. The van der Waals surface area contributed by atoms with E-state index in [4.69, 9.17) is 19.8 Å². The Bertz CT molecular complexity index is 584. The Kier molecular flexibility index (Phi) is 4.78. The highest BCUT2D eigenvalue weighted by Gasteiger charge is 2.52. The Balaban J connectivity index is 2.16. The number of hydrogen-bond acceptors (Lipinski definition) is 4. The van der Waals surface area contributed by atoms with Gasteiger partial charge in [0.1, 0.15) is 0 Å². The third-order valence-electron chi connectivity index (χ3n) is 4.85. The normalized spacial score (nSPS) is 20.3. The minimum absolute atomic E-state index is 0.0774. The number of carbonyl (C=O) groups excluding carboxylic acids is 1. The number of amides is 1. The SMILES string of the molecule is Cc1cc(C(C)COC(N)=O)ccc1B1OC(C)(C)C(C)(C)O1. The molecule has 2 rings (SSSR count). The Morgan fingerprint density at radius 1 is 1.26 bits per heavy atom. The van der Waals surface area contributed by atoms with Crippen LogP contribution >= 0.6 is 0 Å². The van der Waals surface area contributed by atoms with Crippen LogP contribution in [0.4, 0.5) is 4.79 Å². The lowest BCUT2D eigenvalue weighted by molar-refractivity contribution is 0.00578. The third-order valence-corrected chi connectivity index (χ3v) is 4.85. The van der Waals surface area contributed by atoms with Crippen LogP contribution in [0.3, 0.4) is 0 Å². The smallest absolute Gasteiger partial charge is 0.449 e. The number of ether oxygens (including phenoxy) is 1. The van der Waals surface area contributed by atoms with Crippen LogP contribution in [0.2, 0.25) is 0 Å². The molecule has 1 aliphatic rings. The maximum Gasteiger partial charge on any atom is 0.495 e. The quantitative estimate of drug-likeness (QED) is 0.866. The lowest BCUT2D eigenvalue weighted by Gasteiger charge is -2.32. The van der Waals surface area contributed by atoms with Gasteiger partial charge >= 0.3 is 13.2 Å². The van der Waals surface area contributed by atoms with Gasteiger partial charge in [-0.2, -0.15) is 0 Å². The fraction of sp³-hybridized carbons (Fsp3) is 0.588. The summed E-state index contributed by atoms with van der Waals surface area (Å²) in [7, 11) is -0.369. The zero-order chi connectivity index (χ0) is 17.4. The van der Waals surface area contributed by atoms with Gasteiger partial charge in [-0.25, -0.2) is 4.79 Å². The second kappa shape index (κ2) is 6.17. The van der Waals surface area contributed by atoms with E-state index in [1.54, 1.807) is 0 Å². The molecule has 126 valence electrons. The highest BCUT2D eigenvalue weighted by molar-refractivity contribution is 6.62. The lowest BCUT2D eigenvalue weighted by Crippen LogP contribution is -2.41. The van der Waals surface area contributed by atoms with E-state index in [-0.39, 0.29) is 30.8 Å². The van der Waals surface area contributed by atoms with Crippen LogP contribution in [0.5, 0.6) is 0 Å². The van der Waals surface area contributed by atoms with E-state index >= 15 is 0 Å². The number of carbonyl (C=O) groups is 1. The predicted octanol–water partition coefficient (Wildman–Crippen LogP) is 2.49. The molecule has 1 unspecified atom stereocenters. The van der Waals surface area contributed by atoms with Crippen molar-refractivity contribution in [1.29, 1.82) is 0 Å². The van der Waals surface area contributed by atoms with E-state index in [9.17, 15) is 4.79 Å². The first-order chi connectivity index (χ1) is 10.5. The van der Waals surface area contributed by atoms with Gasteiger partial charge < -0.3 is 19.8 Å². The molecule has 0 radical (unpaired) electrons. The first kappa shape index (κ1) is 17.8. The van der Waals surface area contributed by atoms with Crippen molar-refractivity contribution in [3.05, 3.63) is 29.3 Å². The first-order valence-corrected chi connectivity index (χ1v) is 7.92. The molecule has 0 spiro atoms. The largest absolute Gasteiger partial charge is 0.495 e. The molecule has 0 saturated carbocycles. The molecule has 1 aromatic rings. The van der Waals surface area contributed by atoms with Crippen LogP contribution in [0.15, 0.2) is 18.2 Å². The summed E-state index contributed by atoms with van der Waals surface area (Å²) in [5.41, 5.74) is 7.50. The van der Waals surface area contributed by atoms with E-state index in [0.29, 0.717) is 0 Å². The number of benzene rings is 1. The fourth-order valence-corrected chi connectivity index (χ4v) is 2.54. The molecule has 1 heterocycles. The minimum atomic E-state index is -0.748. The Hall–Kier alpha value is -1.53. The van der Waals surface area contributed by atoms with Gasteiger partial charge in [0.25, 0.3) is 0 Å². The zero-order valence-corrected chi connectivity index (χ0v) is 14.8. The van der Waals surface area contributed by atoms with Crippen LogP contribution < -0.4 is 11.2 Å². The van der Waals surface area contributed by atoms with Gasteiger partial charge in [-0.05, 0) is 45.6 Å². The molecular weight excluding hydrogens is 293 g/mol. The van der Waals surface area contributed by atoms with Gasteiger partial charge in [0.2, 0.25) is 0 Å².